The predicted octanol–water partition coefficient (Wildman–Crippen LogP) is 3.82. The molecule has 2 aromatic carbocycles. The van der Waals surface area contributed by atoms with Crippen molar-refractivity contribution < 1.29 is 18.3 Å². The third kappa shape index (κ3) is 4.77. The van der Waals surface area contributed by atoms with Crippen LogP contribution in [0.4, 0.5) is 10.1 Å². The number of ether oxygens (including phenoxy) is 1. The summed E-state index contributed by atoms with van der Waals surface area (Å²) in [6, 6.07) is 12.8. The fraction of sp³-hybridized carbons (Fsp3) is 0.333. The maximum Gasteiger partial charge on any atom is 0.290 e. The third-order valence-corrected chi connectivity index (χ3v) is 5.46. The highest BCUT2D eigenvalue weighted by atomic mass is 19.1. The molecule has 0 radical (unpaired) electrons. The Bertz CT molecular complexity index is 1130. The van der Waals surface area contributed by atoms with Crippen LogP contribution in [0.5, 0.6) is 0 Å². The van der Waals surface area contributed by atoms with Gasteiger partial charge in [0.05, 0.1) is 11.5 Å². The average Bonchev–Trinajstić information content (AvgIpc) is 3.26. The van der Waals surface area contributed by atoms with E-state index in [0.717, 1.165) is 36.2 Å². The summed E-state index contributed by atoms with van der Waals surface area (Å²) >= 11 is 0. The minimum absolute atomic E-state index is 0.0497. The molecule has 31 heavy (non-hydrogen) atoms. The van der Waals surface area contributed by atoms with Crippen molar-refractivity contribution >= 4 is 22.6 Å². The second kappa shape index (κ2) is 8.89. The second-order valence-electron chi connectivity index (χ2n) is 8.00. The zero-order chi connectivity index (χ0) is 22.0. The topological polar surface area (TPSA) is 63.0 Å². The number of rotatable bonds is 6. The first-order valence-electron chi connectivity index (χ1n) is 10.3. The molecule has 0 aliphatic carbocycles. The van der Waals surface area contributed by atoms with Gasteiger partial charge in [0.25, 0.3) is 5.91 Å². The van der Waals surface area contributed by atoms with Gasteiger partial charge in [-0.1, -0.05) is 12.1 Å². The normalized spacial score (nSPS) is 15.9. The Kier molecular flexibility index (Phi) is 6.04. The van der Waals surface area contributed by atoms with Crippen LogP contribution in [-0.2, 0) is 11.3 Å². The van der Waals surface area contributed by atoms with E-state index in [0.29, 0.717) is 19.7 Å². The summed E-state index contributed by atoms with van der Waals surface area (Å²) in [5.41, 5.74) is 1.76. The molecule has 1 fully saturated rings. The van der Waals surface area contributed by atoms with Crippen molar-refractivity contribution in [1.29, 1.82) is 0 Å². The molecule has 6 nitrogen and oxygen atoms in total. The number of halogens is 1. The minimum atomic E-state index is -0.528. The monoisotopic (exact) mass is 424 g/mol. The van der Waals surface area contributed by atoms with Gasteiger partial charge in [-0.05, 0) is 48.7 Å². The number of carbonyl (C=O) groups is 1. The molecule has 1 aromatic heterocycles. The first-order chi connectivity index (χ1) is 14.9. The molecule has 7 heteroatoms. The number of benzene rings is 2. The van der Waals surface area contributed by atoms with Gasteiger partial charge in [0.2, 0.25) is 0 Å². The Labute approximate surface area is 179 Å². The molecule has 1 aliphatic rings. The zero-order valence-corrected chi connectivity index (χ0v) is 17.6. The lowest BCUT2D eigenvalue weighted by molar-refractivity contribution is 0.0484. The van der Waals surface area contributed by atoms with Crippen molar-refractivity contribution in [1.82, 2.24) is 4.90 Å². The summed E-state index contributed by atoms with van der Waals surface area (Å²) in [6.07, 6.45) is 1.79. The summed E-state index contributed by atoms with van der Waals surface area (Å²) in [5, 5.41) is 0.113. The van der Waals surface area contributed by atoms with Crippen LogP contribution in [0, 0.1) is 5.82 Å². The highest BCUT2D eigenvalue weighted by Gasteiger charge is 2.26. The fourth-order valence-electron chi connectivity index (χ4n) is 3.76. The van der Waals surface area contributed by atoms with E-state index in [2.05, 4.69) is 0 Å². The Balaban J connectivity index is 1.63. The van der Waals surface area contributed by atoms with E-state index < -0.39 is 17.2 Å². The van der Waals surface area contributed by atoms with Crippen LogP contribution in [0.1, 0.15) is 29.0 Å². The Morgan fingerprint density at radius 2 is 1.90 bits per heavy atom. The molecule has 0 saturated carbocycles. The maximum atomic E-state index is 13.5. The van der Waals surface area contributed by atoms with Gasteiger partial charge in [-0.15, -0.1) is 0 Å². The van der Waals surface area contributed by atoms with Gasteiger partial charge in [-0.3, -0.25) is 9.59 Å². The van der Waals surface area contributed by atoms with E-state index >= 15 is 0 Å². The molecule has 0 spiro atoms. The molecule has 1 saturated heterocycles. The molecule has 1 atom stereocenters. The number of carbonyl (C=O) groups excluding carboxylic acids is 1. The zero-order valence-electron chi connectivity index (χ0n) is 17.6. The first-order valence-corrected chi connectivity index (χ1v) is 10.3. The van der Waals surface area contributed by atoms with Gasteiger partial charge in [0, 0.05) is 45.5 Å². The molecular weight excluding hydrogens is 399 g/mol. The Morgan fingerprint density at radius 1 is 1.13 bits per heavy atom. The van der Waals surface area contributed by atoms with Gasteiger partial charge in [-0.2, -0.15) is 0 Å². The van der Waals surface area contributed by atoms with Gasteiger partial charge in [0.15, 0.2) is 11.2 Å². The van der Waals surface area contributed by atoms with Gasteiger partial charge >= 0.3 is 0 Å². The van der Waals surface area contributed by atoms with Crippen LogP contribution in [0.3, 0.4) is 0 Å². The fourth-order valence-corrected chi connectivity index (χ4v) is 3.76. The largest absolute Gasteiger partial charge is 0.451 e. The molecule has 162 valence electrons. The van der Waals surface area contributed by atoms with E-state index in [1.165, 1.54) is 12.1 Å². The number of anilines is 1. The van der Waals surface area contributed by atoms with Crippen molar-refractivity contribution in [3.63, 3.8) is 0 Å². The molecule has 1 aliphatic heterocycles. The summed E-state index contributed by atoms with van der Waals surface area (Å²) in [4.78, 5) is 29.4. The lowest BCUT2D eigenvalue weighted by Gasteiger charge is -2.25. The van der Waals surface area contributed by atoms with Gasteiger partial charge in [-0.25, -0.2) is 4.39 Å². The Hall–Kier alpha value is -3.19. The van der Waals surface area contributed by atoms with E-state index in [-0.39, 0.29) is 22.8 Å². The number of nitrogens with zero attached hydrogens (tertiary/aromatic N) is 2. The molecule has 0 N–H and O–H groups in total. The highest BCUT2D eigenvalue weighted by molar-refractivity contribution is 5.93. The van der Waals surface area contributed by atoms with Crippen LogP contribution in [0.2, 0.25) is 0 Å². The summed E-state index contributed by atoms with van der Waals surface area (Å²) in [5.74, 6) is -0.984. The first kappa shape index (κ1) is 21.1. The van der Waals surface area contributed by atoms with Crippen LogP contribution in [0.15, 0.2) is 57.7 Å². The quantitative estimate of drug-likeness (QED) is 0.602. The summed E-state index contributed by atoms with van der Waals surface area (Å²) < 4.78 is 24.9. The molecular formula is C24H25FN2O4. The lowest BCUT2D eigenvalue weighted by atomic mass is 10.1. The van der Waals surface area contributed by atoms with Crippen LogP contribution in [0.25, 0.3) is 11.0 Å². The lowest BCUT2D eigenvalue weighted by Crippen LogP contribution is -2.37. The van der Waals surface area contributed by atoms with Crippen molar-refractivity contribution in [2.45, 2.75) is 25.5 Å². The standard InChI is InChI=1S/C24H25FN2O4/c1-26(2)18-8-5-16(6-9-18)14-27(15-19-4-3-11-30-19)24(29)23-13-21(28)20-12-17(25)7-10-22(20)31-23/h5-10,12-13,19H,3-4,11,14-15H2,1-2H3. The van der Waals surface area contributed by atoms with Gasteiger partial charge in [0.1, 0.15) is 11.4 Å². The maximum absolute atomic E-state index is 13.5. The van der Waals surface area contributed by atoms with Crippen molar-refractivity contribution in [2.75, 3.05) is 32.1 Å². The average molecular weight is 424 g/mol. The molecule has 4 rings (SSSR count). The molecule has 2 heterocycles. The van der Waals surface area contributed by atoms with Crippen LogP contribution >= 0.6 is 0 Å². The van der Waals surface area contributed by atoms with Gasteiger partial charge < -0.3 is 19.0 Å². The van der Waals surface area contributed by atoms with Crippen molar-refractivity contribution in [3.05, 3.63) is 75.9 Å². The Morgan fingerprint density at radius 3 is 2.58 bits per heavy atom. The number of fused-ring (bicyclic) bond motifs is 1. The minimum Gasteiger partial charge on any atom is -0.451 e. The molecule has 3 aromatic rings. The van der Waals surface area contributed by atoms with E-state index in [1.807, 2.05) is 43.3 Å². The van der Waals surface area contributed by atoms with E-state index in [4.69, 9.17) is 9.15 Å². The van der Waals surface area contributed by atoms with Crippen molar-refractivity contribution in [3.8, 4) is 0 Å². The number of hydrogen-bond donors (Lipinski definition) is 0. The molecule has 1 amide bonds. The number of amides is 1. The second-order valence-corrected chi connectivity index (χ2v) is 8.00. The highest BCUT2D eigenvalue weighted by Crippen LogP contribution is 2.20. The molecule has 0 bridgehead atoms. The smallest absolute Gasteiger partial charge is 0.290 e. The molecule has 1 unspecified atom stereocenters. The number of hydrogen-bond acceptors (Lipinski definition) is 5. The summed E-state index contributed by atoms with van der Waals surface area (Å²) in [6.45, 7) is 1.44. The van der Waals surface area contributed by atoms with Crippen LogP contribution < -0.4 is 10.3 Å². The SMILES string of the molecule is CN(C)c1ccc(CN(CC2CCCO2)C(=O)c2cc(=O)c3cc(F)ccc3o2)cc1. The van der Waals surface area contributed by atoms with Crippen molar-refractivity contribution in [2.24, 2.45) is 0 Å². The van der Waals surface area contributed by atoms with E-state index in [1.54, 1.807) is 4.90 Å². The van der Waals surface area contributed by atoms with E-state index in [9.17, 15) is 14.0 Å². The third-order valence-electron chi connectivity index (χ3n) is 5.46. The predicted molar refractivity (Wildman–Crippen MR) is 117 cm³/mol. The summed E-state index contributed by atoms with van der Waals surface area (Å²) in [7, 11) is 3.94. The van der Waals surface area contributed by atoms with Crippen LogP contribution in [-0.4, -0.2) is 44.2 Å².